The quantitative estimate of drug-likeness (QED) is 0.164. The van der Waals surface area contributed by atoms with E-state index in [2.05, 4.69) is 213 Å². The predicted octanol–water partition coefficient (Wildman–Crippen LogP) is 9.11. The summed E-state index contributed by atoms with van der Waals surface area (Å²) < 4.78 is 5.19. The van der Waals surface area contributed by atoms with Gasteiger partial charge in [-0.2, -0.15) is 0 Å². The summed E-state index contributed by atoms with van der Waals surface area (Å²) in [6.45, 7) is 0.238. The minimum absolute atomic E-state index is 0.119. The average molecular weight is 759 g/mol. The van der Waals surface area contributed by atoms with Crippen molar-refractivity contribution in [3.63, 3.8) is 0 Å². The molecule has 6 heteroatoms. The number of nitrogens with zero attached hydrogens (tertiary/aromatic N) is 4. The van der Waals surface area contributed by atoms with Gasteiger partial charge in [0.25, 0.3) is 13.4 Å². The molecule has 11 aromatic rings. The van der Waals surface area contributed by atoms with Gasteiger partial charge in [0.2, 0.25) is 0 Å². The first-order valence-electron chi connectivity index (χ1n) is 21.0. The molecule has 6 heterocycles. The van der Waals surface area contributed by atoms with E-state index >= 15 is 0 Å². The second kappa shape index (κ2) is 11.1. The van der Waals surface area contributed by atoms with E-state index in [-0.39, 0.29) is 13.4 Å². The fraction of sp³-hybridized carbons (Fsp3) is 0. The molecule has 274 valence electrons. The molecule has 0 unspecified atom stereocenters. The summed E-state index contributed by atoms with van der Waals surface area (Å²) in [4.78, 5) is 4.95. The van der Waals surface area contributed by atoms with Gasteiger partial charge in [0.1, 0.15) is 0 Å². The molecule has 0 bridgehead atoms. The topological polar surface area (TPSA) is 16.3 Å². The van der Waals surface area contributed by atoms with Crippen molar-refractivity contribution in [2.24, 2.45) is 0 Å². The number of rotatable bonds is 2. The molecule has 0 atom stereocenters. The van der Waals surface area contributed by atoms with Gasteiger partial charge >= 0.3 is 0 Å². The summed E-state index contributed by atoms with van der Waals surface area (Å²) in [5.74, 6) is 0. The highest BCUT2D eigenvalue weighted by atomic mass is 15.2. The molecular weight excluding hydrogens is 726 g/mol. The van der Waals surface area contributed by atoms with Crippen LogP contribution in [0.2, 0.25) is 0 Å². The Labute approximate surface area is 346 Å². The van der Waals surface area contributed by atoms with Crippen LogP contribution in [0, 0.1) is 0 Å². The number of para-hydroxylation sites is 6. The van der Waals surface area contributed by atoms with Crippen LogP contribution in [0.3, 0.4) is 0 Å². The second-order valence-electron chi connectivity index (χ2n) is 16.8. The third-order valence-corrected chi connectivity index (χ3v) is 14.1. The molecule has 0 amide bonds. The average Bonchev–Trinajstić information content (AvgIpc) is 3.82. The van der Waals surface area contributed by atoms with Crippen molar-refractivity contribution in [1.82, 2.24) is 9.13 Å². The first kappa shape index (κ1) is 31.3. The van der Waals surface area contributed by atoms with Gasteiger partial charge in [-0.15, -0.1) is 0 Å². The van der Waals surface area contributed by atoms with E-state index in [9.17, 15) is 0 Å². The SMILES string of the molecule is c1ccc(N2c3ccccc3B3c4c2cccc4-n2c4cc5c(cc4c4cccc3c42)c2ccc3c4c2n5-c2ccccc2B4c2ccccc2N3c2ccccc2)cc1. The molecule has 0 saturated carbocycles. The largest absolute Gasteiger partial charge is 0.311 e. The zero-order valence-corrected chi connectivity index (χ0v) is 32.4. The fourth-order valence-corrected chi connectivity index (χ4v) is 11.9. The lowest BCUT2D eigenvalue weighted by molar-refractivity contribution is 1.16. The first-order chi connectivity index (χ1) is 29.8. The molecule has 2 aromatic heterocycles. The lowest BCUT2D eigenvalue weighted by Gasteiger charge is -2.40. The third kappa shape index (κ3) is 3.68. The highest BCUT2D eigenvalue weighted by Gasteiger charge is 2.44. The van der Waals surface area contributed by atoms with Crippen molar-refractivity contribution in [1.29, 1.82) is 0 Å². The molecule has 4 aliphatic rings. The van der Waals surface area contributed by atoms with E-state index < -0.39 is 0 Å². The van der Waals surface area contributed by atoms with Crippen LogP contribution < -0.4 is 42.6 Å². The third-order valence-electron chi connectivity index (χ3n) is 14.1. The van der Waals surface area contributed by atoms with Crippen LogP contribution in [-0.4, -0.2) is 22.6 Å². The Kier molecular flexibility index (Phi) is 5.78. The number of benzene rings is 9. The summed E-state index contributed by atoms with van der Waals surface area (Å²) in [5, 5.41) is 5.19. The zero-order valence-electron chi connectivity index (χ0n) is 32.4. The first-order valence-corrected chi connectivity index (χ1v) is 21.0. The van der Waals surface area contributed by atoms with Crippen LogP contribution in [-0.2, 0) is 0 Å². The van der Waals surface area contributed by atoms with E-state index in [0.717, 1.165) is 0 Å². The zero-order chi connectivity index (χ0) is 38.8. The Morgan fingerprint density at radius 1 is 0.283 bits per heavy atom. The molecule has 9 aromatic carbocycles. The molecule has 0 aliphatic carbocycles. The molecule has 4 nitrogen and oxygen atoms in total. The van der Waals surface area contributed by atoms with E-state index in [4.69, 9.17) is 0 Å². The van der Waals surface area contributed by atoms with Crippen molar-refractivity contribution in [3.8, 4) is 11.4 Å². The van der Waals surface area contributed by atoms with Crippen LogP contribution in [0.4, 0.5) is 34.1 Å². The van der Waals surface area contributed by atoms with Crippen LogP contribution in [0.25, 0.3) is 55.0 Å². The van der Waals surface area contributed by atoms with Gasteiger partial charge < -0.3 is 18.9 Å². The fourth-order valence-electron chi connectivity index (χ4n) is 11.9. The number of hydrogen-bond acceptors (Lipinski definition) is 2. The molecule has 60 heavy (non-hydrogen) atoms. The van der Waals surface area contributed by atoms with Gasteiger partial charge in [0, 0.05) is 72.6 Å². The van der Waals surface area contributed by atoms with Gasteiger partial charge in [-0.25, -0.2) is 0 Å². The Hall–Kier alpha value is -7.69. The lowest BCUT2D eigenvalue weighted by atomic mass is 9.34. The van der Waals surface area contributed by atoms with Crippen LogP contribution in [0.15, 0.2) is 194 Å². The van der Waals surface area contributed by atoms with Crippen LogP contribution >= 0.6 is 0 Å². The number of hydrogen-bond donors (Lipinski definition) is 0. The number of aromatic nitrogens is 2. The standard InChI is InChI=1S/C54H32B2N4/c1-3-15-33(16-4-1)57-44-25-11-8-21-40(44)56-42-23-13-19-35-37-31-38-36-29-30-48-52-54(36)59(49(38)32-50(37)60(53(35)42)47-28-14-27-46(57)51(47)56)45-26-12-9-22-41(45)55(52)39-20-7-10-24-43(39)58(48)34-17-5-2-6-18-34/h1-32H. The van der Waals surface area contributed by atoms with E-state index in [0.29, 0.717) is 0 Å². The highest BCUT2D eigenvalue weighted by Crippen LogP contribution is 2.46. The summed E-state index contributed by atoms with van der Waals surface area (Å²) in [7, 11) is 0. The smallest absolute Gasteiger partial charge is 0.252 e. The monoisotopic (exact) mass is 758 g/mol. The summed E-state index contributed by atoms with van der Waals surface area (Å²) in [6, 6.07) is 72.7. The minimum Gasteiger partial charge on any atom is -0.311 e. The normalized spacial score (nSPS) is 13.9. The van der Waals surface area contributed by atoms with Gasteiger partial charge in [-0.3, -0.25) is 0 Å². The summed E-state index contributed by atoms with van der Waals surface area (Å²) >= 11 is 0. The molecule has 0 saturated heterocycles. The molecule has 0 radical (unpaired) electrons. The number of fused-ring (bicyclic) bond motifs is 15. The predicted molar refractivity (Wildman–Crippen MR) is 254 cm³/mol. The Balaban J connectivity index is 1.07. The van der Waals surface area contributed by atoms with Gasteiger partial charge in [-0.1, -0.05) is 121 Å². The van der Waals surface area contributed by atoms with Crippen molar-refractivity contribution in [2.45, 2.75) is 0 Å². The molecule has 0 fully saturated rings. The van der Waals surface area contributed by atoms with E-state index in [1.807, 2.05) is 0 Å². The van der Waals surface area contributed by atoms with Gasteiger partial charge in [0.15, 0.2) is 0 Å². The molecule has 0 spiro atoms. The maximum Gasteiger partial charge on any atom is 0.252 e. The highest BCUT2D eigenvalue weighted by molar-refractivity contribution is 7.01. The maximum absolute atomic E-state index is 2.59. The molecule has 15 rings (SSSR count). The van der Waals surface area contributed by atoms with E-state index in [1.165, 1.54) is 122 Å². The summed E-state index contributed by atoms with van der Waals surface area (Å²) in [6.07, 6.45) is 0. The van der Waals surface area contributed by atoms with Crippen molar-refractivity contribution >= 4 is 124 Å². The molecule has 4 aliphatic heterocycles. The Morgan fingerprint density at radius 3 is 1.42 bits per heavy atom. The van der Waals surface area contributed by atoms with Crippen LogP contribution in [0.5, 0.6) is 0 Å². The molecular formula is C54H32B2N4. The van der Waals surface area contributed by atoms with Crippen molar-refractivity contribution < 1.29 is 0 Å². The number of anilines is 6. The van der Waals surface area contributed by atoms with Gasteiger partial charge in [0.05, 0.1) is 16.6 Å². The van der Waals surface area contributed by atoms with Crippen LogP contribution in [0.1, 0.15) is 0 Å². The lowest BCUT2D eigenvalue weighted by Crippen LogP contribution is -2.60. The minimum atomic E-state index is 0.119. The van der Waals surface area contributed by atoms with Crippen molar-refractivity contribution in [2.75, 3.05) is 9.80 Å². The summed E-state index contributed by atoms with van der Waals surface area (Å²) in [5.41, 5.74) is 23.1. The van der Waals surface area contributed by atoms with Crippen molar-refractivity contribution in [3.05, 3.63) is 194 Å². The van der Waals surface area contributed by atoms with Gasteiger partial charge in [-0.05, 0) is 106 Å². The Bertz CT molecular complexity index is 3700. The maximum atomic E-state index is 2.59. The molecule has 0 N–H and O–H groups in total. The second-order valence-corrected chi connectivity index (χ2v) is 16.8. The van der Waals surface area contributed by atoms with E-state index in [1.54, 1.807) is 0 Å². The Morgan fingerprint density at radius 2 is 0.750 bits per heavy atom.